The van der Waals surface area contributed by atoms with E-state index in [0.29, 0.717) is 23.9 Å². The lowest BCUT2D eigenvalue weighted by atomic mass is 10.0. The zero-order valence-corrected chi connectivity index (χ0v) is 50.0. The molecule has 0 radical (unpaired) electrons. The molecule has 0 aliphatic rings. The molecule has 2 atom stereocenters. The number of carbonyl (C=O) groups is 2. The Labute approximate surface area is 467 Å². The second kappa shape index (κ2) is 56.1. The Morgan fingerprint density at radius 3 is 1.05 bits per heavy atom. The predicted octanol–water partition coefficient (Wildman–Crippen LogP) is 18.5. The molecule has 10 heteroatoms. The van der Waals surface area contributed by atoms with E-state index >= 15 is 0 Å². The molecule has 434 valence electrons. The normalized spacial score (nSPS) is 14.1. The number of phosphoric ester groups is 1. The summed E-state index contributed by atoms with van der Waals surface area (Å²) < 4.78 is 34.2. The lowest BCUT2D eigenvalue weighted by Gasteiger charge is -2.28. The number of carbonyl (C=O) groups excluding carboxylic acids is 2. The first-order valence-corrected chi connectivity index (χ1v) is 31.7. The third kappa shape index (κ3) is 59.7. The van der Waals surface area contributed by atoms with E-state index in [-0.39, 0.29) is 26.1 Å². The number of hydrogen-bond donors (Lipinski definition) is 0. The predicted molar refractivity (Wildman–Crippen MR) is 323 cm³/mol. The average Bonchev–Trinajstić information content (AvgIpc) is 3.38. The maximum absolute atomic E-state index is 12.8. The van der Waals surface area contributed by atoms with Gasteiger partial charge in [0, 0.05) is 12.8 Å². The van der Waals surface area contributed by atoms with Gasteiger partial charge in [0.15, 0.2) is 6.10 Å². The van der Waals surface area contributed by atoms with Crippen molar-refractivity contribution in [2.24, 2.45) is 0 Å². The van der Waals surface area contributed by atoms with E-state index in [1.807, 2.05) is 21.1 Å². The SMILES string of the molecule is CC/C=C\C/C=C\C/C=C\C/C=C\C/C=C\C/C=C\C/C=C\CCCCCCCCCCCCCCCC(=O)OC(COC(=O)CCCCCCCCC/C=C\C/C=C\C/C=C\CC)COP(=O)([O-])OCC[N+](C)(C)C. The van der Waals surface area contributed by atoms with Crippen molar-refractivity contribution in [1.29, 1.82) is 0 Å². The molecule has 0 aliphatic carbocycles. The molecule has 9 nitrogen and oxygen atoms in total. The molecule has 76 heavy (non-hydrogen) atoms. The highest BCUT2D eigenvalue weighted by atomic mass is 31.2. The third-order valence-corrected chi connectivity index (χ3v) is 13.4. The Morgan fingerprint density at radius 1 is 0.408 bits per heavy atom. The van der Waals surface area contributed by atoms with Crippen molar-refractivity contribution in [1.82, 2.24) is 0 Å². The number of ether oxygens (including phenoxy) is 2. The molecule has 0 aliphatic heterocycles. The summed E-state index contributed by atoms with van der Waals surface area (Å²) in [7, 11) is 1.15. The third-order valence-electron chi connectivity index (χ3n) is 12.5. The second-order valence-electron chi connectivity index (χ2n) is 20.9. The van der Waals surface area contributed by atoms with Crippen molar-refractivity contribution < 1.29 is 42.1 Å². The molecule has 0 amide bonds. The van der Waals surface area contributed by atoms with Crippen molar-refractivity contribution >= 4 is 19.8 Å². The summed E-state index contributed by atoms with van der Waals surface area (Å²) >= 11 is 0. The first-order chi connectivity index (χ1) is 37.0. The molecule has 0 rings (SSSR count). The van der Waals surface area contributed by atoms with Crippen LogP contribution in [0.1, 0.15) is 232 Å². The topological polar surface area (TPSA) is 111 Å². The van der Waals surface area contributed by atoms with Gasteiger partial charge in [-0.25, -0.2) is 0 Å². The fourth-order valence-corrected chi connectivity index (χ4v) is 8.61. The molecule has 0 aromatic carbocycles. The summed E-state index contributed by atoms with van der Waals surface area (Å²) in [5.74, 6) is -0.850. The van der Waals surface area contributed by atoms with E-state index in [1.54, 1.807) is 0 Å². The maximum atomic E-state index is 12.8. The lowest BCUT2D eigenvalue weighted by molar-refractivity contribution is -0.870. The number of esters is 2. The fraction of sp³-hybridized carbons (Fsp3) is 0.667. The smallest absolute Gasteiger partial charge is 0.306 e. The molecule has 0 N–H and O–H groups in total. The summed E-state index contributed by atoms with van der Waals surface area (Å²) in [6.45, 7) is 3.99. The minimum Gasteiger partial charge on any atom is -0.756 e. The Hall–Kier alpha value is -3.59. The van der Waals surface area contributed by atoms with Crippen LogP contribution in [0.25, 0.3) is 0 Å². The molecule has 2 unspecified atom stereocenters. The second-order valence-corrected chi connectivity index (χ2v) is 22.4. The summed E-state index contributed by atoms with van der Waals surface area (Å²) in [5, 5.41) is 0. The molecule has 0 fully saturated rings. The summed E-state index contributed by atoms with van der Waals surface area (Å²) in [5.41, 5.74) is 0. The van der Waals surface area contributed by atoms with Crippen LogP contribution in [0.15, 0.2) is 122 Å². The molecule has 0 spiro atoms. The highest BCUT2D eigenvalue weighted by Gasteiger charge is 2.22. The van der Waals surface area contributed by atoms with Gasteiger partial charge in [0.25, 0.3) is 7.82 Å². The zero-order chi connectivity index (χ0) is 55.6. The Bertz CT molecular complexity index is 1700. The first-order valence-electron chi connectivity index (χ1n) is 30.2. The van der Waals surface area contributed by atoms with Gasteiger partial charge >= 0.3 is 11.9 Å². The van der Waals surface area contributed by atoms with E-state index in [2.05, 4.69) is 135 Å². The van der Waals surface area contributed by atoms with E-state index in [0.717, 1.165) is 109 Å². The van der Waals surface area contributed by atoms with Gasteiger partial charge in [-0.05, 0) is 103 Å². The van der Waals surface area contributed by atoms with Crippen molar-refractivity contribution in [3.8, 4) is 0 Å². The number of nitrogens with zero attached hydrogens (tertiary/aromatic N) is 1. The Balaban J connectivity index is 4.11. The van der Waals surface area contributed by atoms with Gasteiger partial charge in [-0.15, -0.1) is 0 Å². The quantitative estimate of drug-likeness (QED) is 0.0195. The van der Waals surface area contributed by atoms with Gasteiger partial charge < -0.3 is 27.9 Å². The fourth-order valence-electron chi connectivity index (χ4n) is 7.89. The average molecular weight is 1080 g/mol. The zero-order valence-electron chi connectivity index (χ0n) is 49.2. The van der Waals surface area contributed by atoms with Crippen LogP contribution in [0, 0.1) is 0 Å². The van der Waals surface area contributed by atoms with Crippen molar-refractivity contribution in [2.75, 3.05) is 47.5 Å². The van der Waals surface area contributed by atoms with Crippen LogP contribution in [0.3, 0.4) is 0 Å². The van der Waals surface area contributed by atoms with Gasteiger partial charge in [-0.3, -0.25) is 14.2 Å². The maximum Gasteiger partial charge on any atom is 0.306 e. The number of unbranched alkanes of at least 4 members (excludes halogenated alkanes) is 20. The van der Waals surface area contributed by atoms with Crippen LogP contribution in [0.4, 0.5) is 0 Å². The summed E-state index contributed by atoms with van der Waals surface area (Å²) in [6.07, 6.45) is 79.7. The van der Waals surface area contributed by atoms with Gasteiger partial charge in [0.2, 0.25) is 0 Å². The summed E-state index contributed by atoms with van der Waals surface area (Å²) in [6, 6.07) is 0. The summed E-state index contributed by atoms with van der Waals surface area (Å²) in [4.78, 5) is 37.9. The standard InChI is InChI=1S/C66H112NO8P/c1-6-8-10-12-14-16-18-20-22-24-25-26-27-28-29-30-31-32-33-34-35-36-37-38-39-40-41-43-45-47-49-51-53-55-57-59-66(69)75-64(63-74-76(70,71)73-61-60-67(3,4)5)62-72-65(68)58-56-54-52-50-48-46-44-42-23-21-19-17-15-13-11-9-7-2/h8-11,14-17,20-23,25-26,28-29,31-32,34-35,64H,6-7,12-13,18-19,24,27,30,33,36-63H2,1-5H3/b10-8-,11-9-,16-14-,17-15-,22-20-,23-21-,26-25-,29-28-,32-31-,35-34-. The number of rotatable bonds is 54. The van der Waals surface area contributed by atoms with Crippen molar-refractivity contribution in [2.45, 2.75) is 238 Å². The van der Waals surface area contributed by atoms with Gasteiger partial charge in [-0.1, -0.05) is 238 Å². The highest BCUT2D eigenvalue weighted by Crippen LogP contribution is 2.38. The van der Waals surface area contributed by atoms with E-state index in [4.69, 9.17) is 18.5 Å². The molecule has 0 heterocycles. The van der Waals surface area contributed by atoms with E-state index in [1.165, 1.54) is 83.5 Å². The van der Waals surface area contributed by atoms with Crippen LogP contribution < -0.4 is 4.89 Å². The Kier molecular flexibility index (Phi) is 53.5. The van der Waals surface area contributed by atoms with Gasteiger partial charge in [0.1, 0.15) is 19.8 Å². The number of phosphoric acid groups is 1. The van der Waals surface area contributed by atoms with Crippen molar-refractivity contribution in [3.05, 3.63) is 122 Å². The van der Waals surface area contributed by atoms with Crippen molar-refractivity contribution in [3.63, 3.8) is 0 Å². The van der Waals surface area contributed by atoms with Gasteiger partial charge in [-0.2, -0.15) is 0 Å². The molecular formula is C66H112NO8P. The minimum absolute atomic E-state index is 0.0380. The molecule has 0 aromatic rings. The van der Waals surface area contributed by atoms with Crippen LogP contribution >= 0.6 is 7.82 Å². The molecule has 0 aromatic heterocycles. The largest absolute Gasteiger partial charge is 0.756 e. The lowest BCUT2D eigenvalue weighted by Crippen LogP contribution is -2.37. The molecule has 0 bridgehead atoms. The minimum atomic E-state index is -4.65. The molecule has 0 saturated carbocycles. The van der Waals surface area contributed by atoms with Gasteiger partial charge in [0.05, 0.1) is 27.7 Å². The number of hydrogen-bond acceptors (Lipinski definition) is 8. The van der Waals surface area contributed by atoms with Crippen LogP contribution in [-0.2, 0) is 32.7 Å². The number of quaternary nitrogens is 1. The Morgan fingerprint density at radius 2 is 0.711 bits per heavy atom. The van der Waals surface area contributed by atoms with Crippen LogP contribution in [0.5, 0.6) is 0 Å². The highest BCUT2D eigenvalue weighted by molar-refractivity contribution is 7.45. The van der Waals surface area contributed by atoms with E-state index < -0.39 is 32.5 Å². The van der Waals surface area contributed by atoms with Crippen LogP contribution in [-0.4, -0.2) is 70.0 Å². The molecular weight excluding hydrogens is 966 g/mol. The molecule has 0 saturated heterocycles. The number of allylic oxidation sites excluding steroid dienone is 20. The van der Waals surface area contributed by atoms with E-state index in [9.17, 15) is 19.0 Å². The van der Waals surface area contributed by atoms with Crippen LogP contribution in [0.2, 0.25) is 0 Å². The first kappa shape index (κ1) is 72.4. The monoisotopic (exact) mass is 1080 g/mol. The number of likely N-dealkylation sites (N-methyl/N-ethyl adjacent to an activating group) is 1.